The predicted molar refractivity (Wildman–Crippen MR) is 194 cm³/mol. The Bertz CT molecular complexity index is 1350. The van der Waals surface area contributed by atoms with E-state index in [-0.39, 0.29) is 45.6 Å². The summed E-state index contributed by atoms with van der Waals surface area (Å²) >= 11 is 0. The minimum atomic E-state index is -1.14. The van der Waals surface area contributed by atoms with Crippen molar-refractivity contribution >= 4 is 17.8 Å². The minimum Gasteiger partial charge on any atom is -0.481 e. The van der Waals surface area contributed by atoms with Crippen molar-refractivity contribution in [2.75, 3.05) is 0 Å². The average molecular weight is 680 g/mol. The molecule has 0 radical (unpaired) electrons. The number of carbonyl (C=O) groups is 3. The van der Waals surface area contributed by atoms with Crippen LogP contribution in [0.25, 0.3) is 0 Å². The number of nitrogens with one attached hydrogen (secondary N) is 1. The summed E-state index contributed by atoms with van der Waals surface area (Å²) in [6.45, 7) is 24.8. The van der Waals surface area contributed by atoms with E-state index < -0.39 is 11.4 Å². The van der Waals surface area contributed by atoms with Gasteiger partial charge in [-0.1, -0.05) is 53.7 Å². The van der Waals surface area contributed by atoms with Crippen molar-refractivity contribution in [2.24, 2.45) is 68.0 Å². The SMILES string of the molecule is C=C(C)[C@@H]1CC[C@]2(CC(=O)N[C@H]3CC[C@@H](C)C3)CC[C@]3(C)[C@H](CC[C@@H]4[C@@]5(C)CC[C@H](OC(=O)CC(C)(C)C(=O)O)C(C)(C)[C@@H]5CC[C@]43C)[C@@H]12. The van der Waals surface area contributed by atoms with Crippen LogP contribution in [0.2, 0.25) is 0 Å². The number of carboxylic acid groups (broad SMARTS) is 1. The molecule has 0 aliphatic heterocycles. The Morgan fingerprint density at radius 2 is 1.57 bits per heavy atom. The zero-order valence-corrected chi connectivity index (χ0v) is 32.5. The maximum absolute atomic E-state index is 13.8. The summed E-state index contributed by atoms with van der Waals surface area (Å²) in [5, 5.41) is 13.1. The van der Waals surface area contributed by atoms with Gasteiger partial charge in [0, 0.05) is 17.9 Å². The third kappa shape index (κ3) is 5.84. The first-order chi connectivity index (χ1) is 22.7. The summed E-state index contributed by atoms with van der Waals surface area (Å²) < 4.78 is 6.18. The highest BCUT2D eigenvalue weighted by Crippen LogP contribution is 2.78. The van der Waals surface area contributed by atoms with Gasteiger partial charge in [0.25, 0.3) is 0 Å². The van der Waals surface area contributed by atoms with Crippen molar-refractivity contribution in [3.05, 3.63) is 12.2 Å². The number of aliphatic carboxylic acids is 1. The van der Waals surface area contributed by atoms with Crippen LogP contribution in [0.1, 0.15) is 159 Å². The van der Waals surface area contributed by atoms with Crippen LogP contribution in [0.4, 0.5) is 0 Å². The summed E-state index contributed by atoms with van der Waals surface area (Å²) in [7, 11) is 0. The van der Waals surface area contributed by atoms with Crippen LogP contribution in [0.15, 0.2) is 12.2 Å². The topological polar surface area (TPSA) is 92.7 Å². The molecule has 6 heteroatoms. The van der Waals surface area contributed by atoms with Crippen LogP contribution >= 0.6 is 0 Å². The van der Waals surface area contributed by atoms with Crippen LogP contribution < -0.4 is 5.32 Å². The number of esters is 1. The Morgan fingerprint density at radius 3 is 2.20 bits per heavy atom. The maximum Gasteiger partial charge on any atom is 0.309 e. The lowest BCUT2D eigenvalue weighted by molar-refractivity contribution is -0.250. The van der Waals surface area contributed by atoms with Gasteiger partial charge in [0.1, 0.15) is 6.10 Å². The fourth-order valence-corrected chi connectivity index (χ4v) is 14.3. The number of rotatable bonds is 8. The minimum absolute atomic E-state index is 0.0888. The molecule has 0 aromatic heterocycles. The van der Waals surface area contributed by atoms with Crippen LogP contribution in [-0.4, -0.2) is 35.1 Å². The standard InChI is InChI=1S/C43H69NO5/c1-26(2)29-15-20-43(24-34(45)44-28-12-11-27(3)23-28)22-21-41(9)30(36(29)43)13-14-32-40(8)18-17-33(49-35(46)25-38(4,5)37(47)48)39(6,7)31(40)16-19-42(32,41)10/h27-33,36H,1,11-25H2,2-10H3,(H,44,45)(H,47,48)/t27-,28+,29+,30-,31+,32-,33+,36-,40+,41-,42-,43-/m1/s1. The van der Waals surface area contributed by atoms with Crippen molar-refractivity contribution in [1.82, 2.24) is 5.32 Å². The molecule has 6 aliphatic carbocycles. The van der Waals surface area contributed by atoms with Crippen molar-refractivity contribution in [2.45, 2.75) is 171 Å². The molecule has 12 atom stereocenters. The Balaban J connectivity index is 1.23. The third-order valence-corrected chi connectivity index (χ3v) is 17.2. The second-order valence-electron chi connectivity index (χ2n) is 20.6. The second kappa shape index (κ2) is 12.4. The lowest BCUT2D eigenvalue weighted by atomic mass is 9.32. The smallest absolute Gasteiger partial charge is 0.309 e. The third-order valence-electron chi connectivity index (χ3n) is 17.2. The molecular weight excluding hydrogens is 610 g/mol. The molecule has 0 spiro atoms. The van der Waals surface area contributed by atoms with Gasteiger partial charge in [0.05, 0.1) is 11.8 Å². The van der Waals surface area contributed by atoms with Crippen LogP contribution in [0.3, 0.4) is 0 Å². The number of amides is 1. The van der Waals surface area contributed by atoms with Gasteiger partial charge in [-0.15, -0.1) is 0 Å². The molecule has 0 unspecified atom stereocenters. The second-order valence-corrected chi connectivity index (χ2v) is 20.6. The van der Waals surface area contributed by atoms with Gasteiger partial charge in [-0.3, -0.25) is 14.4 Å². The molecule has 0 heterocycles. The van der Waals surface area contributed by atoms with E-state index >= 15 is 0 Å². The number of carboxylic acids is 1. The van der Waals surface area contributed by atoms with Crippen molar-refractivity contribution in [3.8, 4) is 0 Å². The predicted octanol–water partition coefficient (Wildman–Crippen LogP) is 9.75. The fourth-order valence-electron chi connectivity index (χ4n) is 14.3. The molecule has 1 amide bonds. The highest BCUT2D eigenvalue weighted by molar-refractivity contribution is 5.81. The zero-order chi connectivity index (χ0) is 35.9. The van der Waals surface area contributed by atoms with E-state index in [0.29, 0.717) is 53.9 Å². The summed E-state index contributed by atoms with van der Waals surface area (Å²) in [6, 6.07) is 0.356. The molecule has 0 aromatic rings. The Hall–Kier alpha value is -1.85. The molecule has 6 aliphatic rings. The van der Waals surface area contributed by atoms with Crippen molar-refractivity contribution in [3.63, 3.8) is 0 Å². The average Bonchev–Trinajstić information content (AvgIpc) is 3.57. The highest BCUT2D eigenvalue weighted by Gasteiger charge is 2.71. The highest BCUT2D eigenvalue weighted by atomic mass is 16.5. The number of hydrogen-bond acceptors (Lipinski definition) is 4. The van der Waals surface area contributed by atoms with E-state index in [1.165, 1.54) is 44.1 Å². The molecule has 6 fully saturated rings. The molecule has 0 aromatic carbocycles. The van der Waals surface area contributed by atoms with Crippen molar-refractivity contribution in [1.29, 1.82) is 0 Å². The fraction of sp³-hybridized carbons (Fsp3) is 0.884. The first-order valence-corrected chi connectivity index (χ1v) is 20.1. The normalized spacial score (nSPS) is 45.7. The Morgan fingerprint density at radius 1 is 0.857 bits per heavy atom. The van der Waals surface area contributed by atoms with E-state index in [4.69, 9.17) is 4.74 Å². The number of hydrogen-bond donors (Lipinski definition) is 2. The molecule has 2 N–H and O–H groups in total. The summed E-state index contributed by atoms with van der Waals surface area (Å²) in [6.07, 6.45) is 15.3. The maximum atomic E-state index is 13.8. The molecule has 276 valence electrons. The number of allylic oxidation sites excluding steroid dienone is 1. The van der Waals surface area contributed by atoms with E-state index in [1.807, 2.05) is 0 Å². The molecular formula is C43H69NO5. The monoisotopic (exact) mass is 680 g/mol. The lowest BCUT2D eigenvalue weighted by Crippen LogP contribution is -2.67. The van der Waals surface area contributed by atoms with E-state index in [9.17, 15) is 19.5 Å². The number of ether oxygens (including phenoxy) is 1. The number of fused-ring (bicyclic) bond motifs is 7. The largest absolute Gasteiger partial charge is 0.481 e. The van der Waals surface area contributed by atoms with E-state index in [0.717, 1.165) is 44.9 Å². The van der Waals surface area contributed by atoms with Crippen LogP contribution in [0.5, 0.6) is 0 Å². The molecule has 6 nitrogen and oxygen atoms in total. The number of carbonyl (C=O) groups excluding carboxylic acids is 2. The van der Waals surface area contributed by atoms with E-state index in [2.05, 4.69) is 60.4 Å². The van der Waals surface area contributed by atoms with Gasteiger partial charge < -0.3 is 15.2 Å². The zero-order valence-electron chi connectivity index (χ0n) is 32.5. The lowest BCUT2D eigenvalue weighted by Gasteiger charge is -2.73. The van der Waals surface area contributed by atoms with Crippen LogP contribution in [0, 0.1) is 68.0 Å². The summed E-state index contributed by atoms with van der Waals surface area (Å²) in [4.78, 5) is 38.6. The quantitative estimate of drug-likeness (QED) is 0.197. The Labute approximate surface area is 297 Å². The molecule has 6 saturated carbocycles. The van der Waals surface area contributed by atoms with Gasteiger partial charge in [0.2, 0.25) is 5.91 Å². The van der Waals surface area contributed by atoms with Gasteiger partial charge in [-0.05, 0) is 161 Å². The molecule has 0 bridgehead atoms. The summed E-state index contributed by atoms with van der Waals surface area (Å²) in [5.74, 6) is 2.35. The summed E-state index contributed by atoms with van der Waals surface area (Å²) in [5.41, 5.74) is 0.675. The van der Waals surface area contributed by atoms with Gasteiger partial charge in [0.15, 0.2) is 0 Å². The van der Waals surface area contributed by atoms with Gasteiger partial charge in [-0.2, -0.15) is 0 Å². The van der Waals surface area contributed by atoms with E-state index in [1.54, 1.807) is 13.8 Å². The first-order valence-electron chi connectivity index (χ1n) is 20.1. The van der Waals surface area contributed by atoms with Gasteiger partial charge >= 0.3 is 11.9 Å². The first kappa shape index (κ1) is 36.9. The molecule has 6 rings (SSSR count). The Kier molecular flexibility index (Phi) is 9.33. The molecule has 0 saturated heterocycles. The van der Waals surface area contributed by atoms with Crippen molar-refractivity contribution < 1.29 is 24.2 Å². The molecule has 49 heavy (non-hydrogen) atoms. The van der Waals surface area contributed by atoms with Gasteiger partial charge in [-0.25, -0.2) is 0 Å². The van der Waals surface area contributed by atoms with Crippen LogP contribution in [-0.2, 0) is 19.1 Å².